The summed E-state index contributed by atoms with van der Waals surface area (Å²) in [6.45, 7) is 5.85. The SMILES string of the molecule is CCCCC/C=C\CCCOC(CCCCC(=O)O)OCCC/C=C\CCCCC. The second kappa shape index (κ2) is 24.1. The van der Waals surface area contributed by atoms with Crippen LogP contribution in [0.3, 0.4) is 0 Å². The van der Waals surface area contributed by atoms with E-state index in [2.05, 4.69) is 38.2 Å². The van der Waals surface area contributed by atoms with Crippen LogP contribution in [0.4, 0.5) is 0 Å². The van der Waals surface area contributed by atoms with E-state index in [4.69, 9.17) is 14.6 Å². The zero-order valence-electron chi connectivity index (χ0n) is 19.8. The van der Waals surface area contributed by atoms with E-state index in [1.165, 1.54) is 51.4 Å². The zero-order valence-corrected chi connectivity index (χ0v) is 19.8. The first kappa shape index (κ1) is 28.9. The number of rotatable bonds is 23. The number of aliphatic carboxylic acids is 1. The van der Waals surface area contributed by atoms with Crippen LogP contribution in [-0.2, 0) is 14.3 Å². The monoisotopic (exact) mass is 424 g/mol. The highest BCUT2D eigenvalue weighted by Crippen LogP contribution is 2.11. The van der Waals surface area contributed by atoms with Crippen molar-refractivity contribution in [2.45, 2.75) is 123 Å². The van der Waals surface area contributed by atoms with Crippen LogP contribution in [0.5, 0.6) is 0 Å². The summed E-state index contributed by atoms with van der Waals surface area (Å²) in [4.78, 5) is 10.7. The van der Waals surface area contributed by atoms with E-state index in [0.717, 1.165) is 38.5 Å². The Hall–Kier alpha value is -1.13. The molecule has 1 N–H and O–H groups in total. The molecular formula is C26H48O4. The molecule has 0 aromatic heterocycles. The van der Waals surface area contributed by atoms with Gasteiger partial charge in [0.2, 0.25) is 0 Å². The van der Waals surface area contributed by atoms with E-state index in [9.17, 15) is 4.79 Å². The number of unbranched alkanes of at least 4 members (excludes halogenated alkanes) is 9. The average Bonchev–Trinajstić information content (AvgIpc) is 2.73. The highest BCUT2D eigenvalue weighted by molar-refractivity contribution is 5.66. The minimum absolute atomic E-state index is 0.208. The number of carboxylic acid groups (broad SMARTS) is 1. The molecule has 0 radical (unpaired) electrons. The molecule has 176 valence electrons. The summed E-state index contributed by atoms with van der Waals surface area (Å²) in [6, 6.07) is 0. The summed E-state index contributed by atoms with van der Waals surface area (Å²) in [6.07, 6.45) is 25.5. The third-order valence-corrected chi connectivity index (χ3v) is 5.00. The van der Waals surface area contributed by atoms with Crippen LogP contribution in [0, 0.1) is 0 Å². The van der Waals surface area contributed by atoms with Crippen molar-refractivity contribution in [3.63, 3.8) is 0 Å². The predicted molar refractivity (Wildman–Crippen MR) is 127 cm³/mol. The Labute approximate surface area is 186 Å². The molecule has 0 bridgehead atoms. The minimum atomic E-state index is -0.732. The quantitative estimate of drug-likeness (QED) is 0.103. The Bertz CT molecular complexity index is 389. The fraction of sp³-hybridized carbons (Fsp3) is 0.808. The van der Waals surface area contributed by atoms with Crippen molar-refractivity contribution in [3.8, 4) is 0 Å². The molecule has 0 aliphatic heterocycles. The summed E-state index contributed by atoms with van der Waals surface area (Å²) in [5.41, 5.74) is 0. The predicted octanol–water partition coefficient (Wildman–Crippen LogP) is 7.82. The van der Waals surface area contributed by atoms with Gasteiger partial charge in [0.15, 0.2) is 6.29 Å². The number of ether oxygens (including phenoxy) is 2. The minimum Gasteiger partial charge on any atom is -0.481 e. The number of carboxylic acids is 1. The van der Waals surface area contributed by atoms with Gasteiger partial charge in [-0.2, -0.15) is 0 Å². The maximum Gasteiger partial charge on any atom is 0.303 e. The van der Waals surface area contributed by atoms with Gasteiger partial charge in [-0.05, 0) is 70.6 Å². The van der Waals surface area contributed by atoms with Gasteiger partial charge in [0.05, 0.1) is 13.2 Å². The summed E-state index contributed by atoms with van der Waals surface area (Å²) in [5.74, 6) is -0.732. The lowest BCUT2D eigenvalue weighted by Gasteiger charge is -2.18. The first-order valence-electron chi connectivity index (χ1n) is 12.5. The standard InChI is InChI=1S/C26H48O4/c1-3-5-7-9-11-13-15-19-23-29-26(22-18-17-21-25(27)28)30-24-20-16-14-12-10-8-6-4-2/h11-14,26H,3-10,15-24H2,1-2H3,(H,27,28)/b13-11-,14-12-. The zero-order chi connectivity index (χ0) is 22.1. The Morgan fingerprint density at radius 2 is 1.17 bits per heavy atom. The second-order valence-electron chi connectivity index (χ2n) is 8.03. The molecule has 30 heavy (non-hydrogen) atoms. The largest absolute Gasteiger partial charge is 0.481 e. The fourth-order valence-electron chi connectivity index (χ4n) is 3.13. The molecule has 0 aromatic rings. The molecule has 0 aliphatic carbocycles. The summed E-state index contributed by atoms with van der Waals surface area (Å²) in [5, 5.41) is 8.79. The van der Waals surface area contributed by atoms with Crippen molar-refractivity contribution in [1.29, 1.82) is 0 Å². The molecule has 0 fully saturated rings. The number of allylic oxidation sites excluding steroid dienone is 4. The van der Waals surface area contributed by atoms with Crippen molar-refractivity contribution in [2.75, 3.05) is 13.2 Å². The molecule has 0 rings (SSSR count). The third-order valence-electron chi connectivity index (χ3n) is 5.00. The van der Waals surface area contributed by atoms with Gasteiger partial charge in [0.1, 0.15) is 0 Å². The number of carbonyl (C=O) groups is 1. The lowest BCUT2D eigenvalue weighted by molar-refractivity contribution is -0.148. The maximum absolute atomic E-state index is 10.7. The highest BCUT2D eigenvalue weighted by Gasteiger charge is 2.09. The molecule has 0 aliphatic rings. The molecule has 0 unspecified atom stereocenters. The van der Waals surface area contributed by atoms with Crippen LogP contribution in [0.25, 0.3) is 0 Å². The smallest absolute Gasteiger partial charge is 0.303 e. The van der Waals surface area contributed by atoms with E-state index in [-0.39, 0.29) is 12.7 Å². The normalized spacial score (nSPS) is 12.0. The molecule has 0 amide bonds. The van der Waals surface area contributed by atoms with Crippen LogP contribution in [-0.4, -0.2) is 30.6 Å². The molecule has 0 saturated carbocycles. The highest BCUT2D eigenvalue weighted by atomic mass is 16.7. The first-order valence-corrected chi connectivity index (χ1v) is 12.5. The molecule has 0 saturated heterocycles. The van der Waals surface area contributed by atoms with E-state index in [1.54, 1.807) is 0 Å². The fourth-order valence-corrected chi connectivity index (χ4v) is 3.13. The molecule has 4 heteroatoms. The molecule has 0 heterocycles. The molecule has 0 spiro atoms. The first-order chi connectivity index (χ1) is 14.7. The summed E-state index contributed by atoms with van der Waals surface area (Å²) >= 11 is 0. The van der Waals surface area contributed by atoms with Crippen molar-refractivity contribution in [3.05, 3.63) is 24.3 Å². The maximum atomic E-state index is 10.7. The number of hydrogen-bond acceptors (Lipinski definition) is 3. The molecule has 0 aromatic carbocycles. The van der Waals surface area contributed by atoms with Crippen LogP contribution in [0.1, 0.15) is 117 Å². The lowest BCUT2D eigenvalue weighted by Crippen LogP contribution is -2.19. The van der Waals surface area contributed by atoms with E-state index < -0.39 is 5.97 Å². The average molecular weight is 425 g/mol. The summed E-state index contributed by atoms with van der Waals surface area (Å²) < 4.78 is 11.9. The topological polar surface area (TPSA) is 55.8 Å². The second-order valence-corrected chi connectivity index (χ2v) is 8.03. The van der Waals surface area contributed by atoms with Crippen LogP contribution < -0.4 is 0 Å². The van der Waals surface area contributed by atoms with E-state index in [0.29, 0.717) is 19.6 Å². The van der Waals surface area contributed by atoms with Crippen LogP contribution in [0.15, 0.2) is 24.3 Å². The molecule has 4 nitrogen and oxygen atoms in total. The Kier molecular flexibility index (Phi) is 23.2. The third kappa shape index (κ3) is 23.2. The van der Waals surface area contributed by atoms with Gasteiger partial charge in [-0.1, -0.05) is 63.8 Å². The number of hydrogen-bond donors (Lipinski definition) is 1. The van der Waals surface area contributed by atoms with Crippen molar-refractivity contribution in [2.24, 2.45) is 0 Å². The van der Waals surface area contributed by atoms with Gasteiger partial charge in [0.25, 0.3) is 0 Å². The van der Waals surface area contributed by atoms with Crippen molar-refractivity contribution >= 4 is 5.97 Å². The van der Waals surface area contributed by atoms with Gasteiger partial charge in [0, 0.05) is 6.42 Å². The molecular weight excluding hydrogens is 376 g/mol. The van der Waals surface area contributed by atoms with Crippen molar-refractivity contribution < 1.29 is 19.4 Å². The van der Waals surface area contributed by atoms with Gasteiger partial charge < -0.3 is 14.6 Å². The van der Waals surface area contributed by atoms with Gasteiger partial charge in [-0.3, -0.25) is 4.79 Å². The van der Waals surface area contributed by atoms with Gasteiger partial charge in [-0.25, -0.2) is 0 Å². The lowest BCUT2D eigenvalue weighted by atomic mass is 10.2. The Balaban J connectivity index is 3.94. The molecule has 0 atom stereocenters. The van der Waals surface area contributed by atoms with Crippen LogP contribution in [0.2, 0.25) is 0 Å². The van der Waals surface area contributed by atoms with Gasteiger partial charge >= 0.3 is 5.97 Å². The Morgan fingerprint density at radius 3 is 1.60 bits per heavy atom. The summed E-state index contributed by atoms with van der Waals surface area (Å²) in [7, 11) is 0. The Morgan fingerprint density at radius 1 is 0.700 bits per heavy atom. The van der Waals surface area contributed by atoms with Crippen molar-refractivity contribution in [1.82, 2.24) is 0 Å². The van der Waals surface area contributed by atoms with Crippen LogP contribution >= 0.6 is 0 Å². The van der Waals surface area contributed by atoms with E-state index >= 15 is 0 Å². The van der Waals surface area contributed by atoms with Gasteiger partial charge in [-0.15, -0.1) is 0 Å². The van der Waals surface area contributed by atoms with E-state index in [1.807, 2.05) is 0 Å².